The fraction of sp³-hybridized carbons (Fsp3) is 0.273. The van der Waals surface area contributed by atoms with Gasteiger partial charge in [-0.15, -0.1) is 0 Å². The molecule has 0 amide bonds. The van der Waals surface area contributed by atoms with Crippen LogP contribution in [0.1, 0.15) is 48.1 Å². The van der Waals surface area contributed by atoms with E-state index in [-0.39, 0.29) is 14.9 Å². The molecule has 6 rings (SSSR count). The summed E-state index contributed by atoms with van der Waals surface area (Å²) in [7, 11) is 0. The van der Waals surface area contributed by atoms with Gasteiger partial charge >= 0.3 is 0 Å². The zero-order valence-corrected chi connectivity index (χ0v) is 22.7. The van der Waals surface area contributed by atoms with Crippen molar-refractivity contribution in [2.75, 3.05) is 9.80 Å². The van der Waals surface area contributed by atoms with Gasteiger partial charge < -0.3 is 9.80 Å². The molecule has 0 radical (unpaired) electrons. The monoisotopic (exact) mass is 528 g/mol. The van der Waals surface area contributed by atoms with E-state index in [4.69, 9.17) is 0 Å². The van der Waals surface area contributed by atoms with Crippen molar-refractivity contribution in [2.45, 2.75) is 81.1 Å². The lowest BCUT2D eigenvalue weighted by Gasteiger charge is -2.36. The highest BCUT2D eigenvalue weighted by molar-refractivity contribution is 8.00. The molecular weight excluding hydrogens is 489 g/mol. The third-order valence-corrected chi connectivity index (χ3v) is 8.48. The Labute approximate surface area is 233 Å². The van der Waals surface area contributed by atoms with Gasteiger partial charge in [0.15, 0.2) is 0 Å². The second kappa shape index (κ2) is 12.1. The molecule has 194 valence electrons. The molecule has 0 saturated heterocycles. The first kappa shape index (κ1) is 28.7. The van der Waals surface area contributed by atoms with Crippen LogP contribution in [0.25, 0.3) is 0 Å². The molecule has 0 bridgehead atoms. The molecular formula is C33H40N2S2. The molecule has 0 saturated carbocycles. The van der Waals surface area contributed by atoms with Crippen molar-refractivity contribution in [1.82, 2.24) is 0 Å². The lowest BCUT2D eigenvalue weighted by molar-refractivity contribution is 0.772. The summed E-state index contributed by atoms with van der Waals surface area (Å²) in [5.41, 5.74) is 6.64. The number of benzene rings is 4. The average Bonchev–Trinajstić information content (AvgIpc) is 2.85. The summed E-state index contributed by atoms with van der Waals surface area (Å²) in [4.78, 5) is 10.3. The summed E-state index contributed by atoms with van der Waals surface area (Å²) >= 11 is 3.73. The van der Waals surface area contributed by atoms with Gasteiger partial charge in [-0.2, -0.15) is 0 Å². The third-order valence-electron chi connectivity index (χ3n) is 6.22. The number of rotatable bonds is 2. The van der Waals surface area contributed by atoms with Crippen LogP contribution in [0.4, 0.5) is 22.7 Å². The van der Waals surface area contributed by atoms with Crippen molar-refractivity contribution in [3.8, 4) is 0 Å². The smallest absolute Gasteiger partial charge is 0.0557 e. The molecule has 0 aromatic heterocycles. The molecule has 0 unspecified atom stereocenters. The molecule has 0 aliphatic carbocycles. The molecule has 0 spiro atoms. The van der Waals surface area contributed by atoms with E-state index in [0.717, 1.165) is 0 Å². The minimum atomic E-state index is 0. The maximum Gasteiger partial charge on any atom is 0.0557 e. The summed E-state index contributed by atoms with van der Waals surface area (Å²) < 4.78 is 0. The Kier molecular flexibility index (Phi) is 9.44. The Balaban J connectivity index is 0.000000195. The lowest BCUT2D eigenvalue weighted by atomic mass is 10.1. The molecule has 2 heterocycles. The minimum Gasteiger partial charge on any atom is -0.337 e. The normalized spacial score (nSPS) is 12.7. The van der Waals surface area contributed by atoms with Gasteiger partial charge in [-0.25, -0.2) is 0 Å². The number of fused-ring (bicyclic) bond motifs is 4. The van der Waals surface area contributed by atoms with Crippen LogP contribution in [-0.2, 0) is 0 Å². The SMILES string of the molecule is C.C.CC(C)N1c2ccccc2Sc2ccccc21.Cc1ccc2c(c1)N(C(C)C)c1ccccc1S2. The van der Waals surface area contributed by atoms with E-state index in [2.05, 4.69) is 135 Å². The van der Waals surface area contributed by atoms with E-state index < -0.39 is 0 Å². The highest BCUT2D eigenvalue weighted by Crippen LogP contribution is 2.50. The van der Waals surface area contributed by atoms with Gasteiger partial charge in [0.2, 0.25) is 0 Å². The average molecular weight is 529 g/mol. The van der Waals surface area contributed by atoms with Gasteiger partial charge in [-0.05, 0) is 88.7 Å². The first-order valence-electron chi connectivity index (χ1n) is 12.3. The maximum atomic E-state index is 2.44. The van der Waals surface area contributed by atoms with E-state index in [9.17, 15) is 0 Å². The first-order chi connectivity index (χ1) is 16.9. The van der Waals surface area contributed by atoms with E-state index in [1.165, 1.54) is 47.9 Å². The molecule has 2 aliphatic heterocycles. The van der Waals surface area contributed by atoms with Crippen LogP contribution in [0, 0.1) is 6.92 Å². The molecule has 0 fully saturated rings. The topological polar surface area (TPSA) is 6.48 Å². The summed E-state index contributed by atoms with van der Waals surface area (Å²) in [5, 5.41) is 0. The van der Waals surface area contributed by atoms with E-state index in [0.29, 0.717) is 12.1 Å². The van der Waals surface area contributed by atoms with Crippen LogP contribution in [0.15, 0.2) is 111 Å². The van der Waals surface area contributed by atoms with Crippen LogP contribution in [0.3, 0.4) is 0 Å². The quantitative estimate of drug-likeness (QED) is 0.255. The van der Waals surface area contributed by atoms with Crippen molar-refractivity contribution >= 4 is 46.3 Å². The number of hydrogen-bond donors (Lipinski definition) is 0. The van der Waals surface area contributed by atoms with Crippen LogP contribution in [0.2, 0.25) is 0 Å². The summed E-state index contributed by atoms with van der Waals surface area (Å²) in [6, 6.07) is 33.6. The van der Waals surface area contributed by atoms with Gasteiger partial charge in [0.1, 0.15) is 0 Å². The molecule has 2 nitrogen and oxygen atoms in total. The maximum absolute atomic E-state index is 2.44. The zero-order chi connectivity index (χ0) is 24.5. The molecule has 0 atom stereocenters. The van der Waals surface area contributed by atoms with E-state index >= 15 is 0 Å². The summed E-state index contributed by atoms with van der Waals surface area (Å²) in [6.45, 7) is 11.1. The van der Waals surface area contributed by atoms with Crippen molar-refractivity contribution in [2.24, 2.45) is 0 Å². The van der Waals surface area contributed by atoms with Gasteiger partial charge in [0, 0.05) is 31.7 Å². The van der Waals surface area contributed by atoms with Gasteiger partial charge in [-0.1, -0.05) is 80.8 Å². The van der Waals surface area contributed by atoms with Crippen molar-refractivity contribution < 1.29 is 0 Å². The number of anilines is 4. The Morgan fingerprint density at radius 3 is 1.24 bits per heavy atom. The van der Waals surface area contributed by atoms with Crippen molar-refractivity contribution in [3.05, 3.63) is 96.6 Å². The second-order valence-corrected chi connectivity index (χ2v) is 11.7. The Morgan fingerprint density at radius 1 is 0.486 bits per heavy atom. The lowest BCUT2D eigenvalue weighted by Crippen LogP contribution is -2.28. The van der Waals surface area contributed by atoms with Crippen molar-refractivity contribution in [3.63, 3.8) is 0 Å². The van der Waals surface area contributed by atoms with Gasteiger partial charge in [0.05, 0.1) is 22.7 Å². The fourth-order valence-corrected chi connectivity index (χ4v) is 6.86. The predicted octanol–water partition coefficient (Wildman–Crippen LogP) is 11.0. The van der Waals surface area contributed by atoms with Crippen LogP contribution in [-0.4, -0.2) is 12.1 Å². The van der Waals surface area contributed by atoms with Crippen LogP contribution in [0.5, 0.6) is 0 Å². The highest BCUT2D eigenvalue weighted by Gasteiger charge is 2.25. The molecule has 4 heteroatoms. The van der Waals surface area contributed by atoms with E-state index in [1.807, 2.05) is 23.5 Å². The molecule has 4 aromatic carbocycles. The summed E-state index contributed by atoms with van der Waals surface area (Å²) in [5.74, 6) is 0. The number of nitrogens with zero attached hydrogens (tertiary/aromatic N) is 2. The van der Waals surface area contributed by atoms with Crippen LogP contribution < -0.4 is 9.80 Å². The molecule has 2 aliphatic rings. The van der Waals surface area contributed by atoms with Gasteiger partial charge in [-0.3, -0.25) is 0 Å². The molecule has 37 heavy (non-hydrogen) atoms. The zero-order valence-electron chi connectivity index (χ0n) is 21.0. The van der Waals surface area contributed by atoms with Crippen LogP contribution >= 0.6 is 23.5 Å². The minimum absolute atomic E-state index is 0. The van der Waals surface area contributed by atoms with Crippen molar-refractivity contribution in [1.29, 1.82) is 0 Å². The van der Waals surface area contributed by atoms with Gasteiger partial charge in [0.25, 0.3) is 0 Å². The Morgan fingerprint density at radius 2 is 0.838 bits per heavy atom. The summed E-state index contributed by atoms with van der Waals surface area (Å²) in [6.07, 6.45) is 0. The second-order valence-electron chi connectivity index (χ2n) is 9.51. The fourth-order valence-electron chi connectivity index (χ4n) is 4.74. The number of hydrogen-bond acceptors (Lipinski definition) is 4. The predicted molar refractivity (Wildman–Crippen MR) is 167 cm³/mol. The number of para-hydroxylation sites is 3. The highest BCUT2D eigenvalue weighted by atomic mass is 32.2. The Bertz CT molecular complexity index is 1300. The molecule has 0 N–H and O–H groups in total. The van der Waals surface area contributed by atoms with E-state index in [1.54, 1.807) is 0 Å². The molecule has 4 aromatic rings. The Hall–Kier alpha value is -2.82. The first-order valence-corrected chi connectivity index (χ1v) is 13.9. The standard InChI is InChI=1S/C16H17NS.C15H15NS.2CH4/c1-11(2)17-13-6-4-5-7-15(13)18-16-9-8-12(3)10-14(16)17;1-11(2)16-12-7-3-5-9-14(12)17-15-10-6-4-8-13(15)16;;/h4-11H,1-3H3;3-11H,1-2H3;2*1H4. The largest absolute Gasteiger partial charge is 0.337 e. The number of aryl methyl sites for hydroxylation is 1. The third kappa shape index (κ3) is 5.71.